The summed E-state index contributed by atoms with van der Waals surface area (Å²) in [6, 6.07) is 18.9. The Morgan fingerprint density at radius 2 is 1.88 bits per heavy atom. The Bertz CT molecular complexity index is 1390. The van der Waals surface area contributed by atoms with Crippen LogP contribution in [-0.4, -0.2) is 44.6 Å². The van der Waals surface area contributed by atoms with Crippen molar-refractivity contribution < 1.29 is 23.8 Å². The molecule has 0 saturated carbocycles. The number of thioether (sulfide) groups is 1. The van der Waals surface area contributed by atoms with Crippen molar-refractivity contribution in [1.29, 1.82) is 5.41 Å². The summed E-state index contributed by atoms with van der Waals surface area (Å²) in [5, 5.41) is 24.1. The molecule has 10 heteroatoms. The highest BCUT2D eigenvalue weighted by molar-refractivity contribution is 8.27. The fourth-order valence-electron chi connectivity index (χ4n) is 3.26. The first-order valence-electron chi connectivity index (χ1n) is 10.1. The van der Waals surface area contributed by atoms with Gasteiger partial charge >= 0.3 is 5.97 Å². The minimum atomic E-state index is -1.01. The normalized spacial score (nSPS) is 16.4. The van der Waals surface area contributed by atoms with Crippen LogP contribution in [0.2, 0.25) is 0 Å². The maximum Gasteiger partial charge on any atom is 0.335 e. The molecule has 0 atom stereocenters. The average Bonchev–Trinajstić information content (AvgIpc) is 3.48. The molecule has 34 heavy (non-hydrogen) atoms. The number of aromatic carboxylic acids is 1. The Hall–Kier alpha value is -4.44. The van der Waals surface area contributed by atoms with Crippen LogP contribution in [0.25, 0.3) is 17.4 Å². The summed E-state index contributed by atoms with van der Waals surface area (Å²) in [7, 11) is 0. The number of furan rings is 1. The molecule has 1 aromatic heterocycles. The van der Waals surface area contributed by atoms with E-state index in [4.69, 9.17) is 19.7 Å². The van der Waals surface area contributed by atoms with Gasteiger partial charge in [-0.05, 0) is 54.2 Å². The summed E-state index contributed by atoms with van der Waals surface area (Å²) in [5.41, 5.74) is 0.897. The zero-order valence-electron chi connectivity index (χ0n) is 17.5. The van der Waals surface area contributed by atoms with Gasteiger partial charge in [0, 0.05) is 5.56 Å². The van der Waals surface area contributed by atoms with Gasteiger partial charge in [0.2, 0.25) is 5.17 Å². The third kappa shape index (κ3) is 4.26. The molecule has 9 nitrogen and oxygen atoms in total. The van der Waals surface area contributed by atoms with E-state index in [1.807, 2.05) is 30.3 Å². The van der Waals surface area contributed by atoms with Gasteiger partial charge in [0.05, 0.1) is 11.1 Å². The summed E-state index contributed by atoms with van der Waals surface area (Å²) in [6.45, 7) is 0.187. The van der Waals surface area contributed by atoms with Gasteiger partial charge in [-0.25, -0.2) is 4.79 Å². The number of carbonyl (C=O) groups is 2. The zero-order valence-corrected chi connectivity index (χ0v) is 18.3. The first-order valence-corrected chi connectivity index (χ1v) is 10.9. The lowest BCUT2D eigenvalue weighted by atomic mass is 10.1. The predicted molar refractivity (Wildman–Crippen MR) is 128 cm³/mol. The number of para-hydroxylation sites is 1. The van der Waals surface area contributed by atoms with Crippen molar-refractivity contribution in [2.24, 2.45) is 10.1 Å². The quantitative estimate of drug-likeness (QED) is 0.511. The molecule has 2 N–H and O–H groups in total. The number of hydrogen-bond acceptors (Lipinski definition) is 7. The van der Waals surface area contributed by atoms with Crippen molar-refractivity contribution in [3.05, 3.63) is 83.6 Å². The van der Waals surface area contributed by atoms with E-state index in [2.05, 4.69) is 10.1 Å². The van der Waals surface area contributed by atoms with E-state index >= 15 is 0 Å². The van der Waals surface area contributed by atoms with Crippen LogP contribution in [0.5, 0.6) is 5.75 Å². The van der Waals surface area contributed by atoms with E-state index in [0.717, 1.165) is 0 Å². The van der Waals surface area contributed by atoms with E-state index in [1.54, 1.807) is 24.3 Å². The fourth-order valence-corrected chi connectivity index (χ4v) is 4.05. The highest BCUT2D eigenvalue weighted by atomic mass is 32.2. The molecule has 0 fully saturated rings. The molecule has 0 spiro atoms. The molecule has 2 aliphatic rings. The van der Waals surface area contributed by atoms with Gasteiger partial charge in [0.1, 0.15) is 28.9 Å². The molecule has 0 aliphatic carbocycles. The van der Waals surface area contributed by atoms with E-state index in [1.165, 1.54) is 35.0 Å². The summed E-state index contributed by atoms with van der Waals surface area (Å²) >= 11 is 1.18. The molecule has 1 amide bonds. The van der Waals surface area contributed by atoms with Crippen molar-refractivity contribution >= 4 is 45.8 Å². The monoisotopic (exact) mass is 472 g/mol. The molecule has 5 rings (SSSR count). The molecule has 2 aromatic carbocycles. The first-order chi connectivity index (χ1) is 16.5. The lowest BCUT2D eigenvalue weighted by Gasteiger charge is -2.19. The van der Waals surface area contributed by atoms with Gasteiger partial charge in [0.25, 0.3) is 5.91 Å². The second-order valence-electron chi connectivity index (χ2n) is 7.20. The lowest BCUT2D eigenvalue weighted by molar-refractivity contribution is -0.114. The first kappa shape index (κ1) is 21.4. The zero-order chi connectivity index (χ0) is 23.7. The Balaban J connectivity index is 1.33. The standard InChI is InChI=1S/C24H16N4O5S/c25-21-18(12-17-10-11-19(33-17)14-6-8-15(9-7-14)23(30)31)22(29)26-24-28(21)27-20(34-24)13-32-16-4-2-1-3-5-16/h1-12,25H,13H2,(H,30,31). The molecule has 0 unspecified atom stereocenters. The number of amidine groups is 2. The van der Waals surface area contributed by atoms with Crippen molar-refractivity contribution in [3.63, 3.8) is 0 Å². The van der Waals surface area contributed by atoms with Crippen LogP contribution >= 0.6 is 11.8 Å². The fraction of sp³-hybridized carbons (Fsp3) is 0.0417. The topological polar surface area (TPSA) is 129 Å². The number of benzene rings is 2. The Morgan fingerprint density at radius 3 is 2.62 bits per heavy atom. The summed E-state index contributed by atoms with van der Waals surface area (Å²) < 4.78 is 11.5. The second kappa shape index (κ2) is 8.83. The molecule has 168 valence electrons. The summed E-state index contributed by atoms with van der Waals surface area (Å²) in [5.74, 6) is -0.141. The second-order valence-corrected chi connectivity index (χ2v) is 8.24. The van der Waals surface area contributed by atoms with Gasteiger partial charge in [-0.2, -0.15) is 15.1 Å². The van der Waals surface area contributed by atoms with E-state index < -0.39 is 11.9 Å². The smallest absolute Gasteiger partial charge is 0.335 e. The molecule has 3 heterocycles. The number of nitrogens with one attached hydrogen (secondary N) is 1. The largest absolute Gasteiger partial charge is 0.487 e. The van der Waals surface area contributed by atoms with Crippen LogP contribution in [0, 0.1) is 5.41 Å². The third-order valence-corrected chi connectivity index (χ3v) is 5.81. The molecule has 0 bridgehead atoms. The third-order valence-electron chi connectivity index (χ3n) is 4.93. The lowest BCUT2D eigenvalue weighted by Crippen LogP contribution is -2.35. The Morgan fingerprint density at radius 1 is 1.12 bits per heavy atom. The molecule has 0 saturated heterocycles. The van der Waals surface area contributed by atoms with Gasteiger partial charge in [-0.15, -0.1) is 0 Å². The number of aliphatic imine (C=N–C) groups is 1. The van der Waals surface area contributed by atoms with E-state index in [0.29, 0.717) is 33.0 Å². The molecular formula is C24H16N4O5S. The van der Waals surface area contributed by atoms with E-state index in [-0.39, 0.29) is 23.6 Å². The Kier molecular flexibility index (Phi) is 5.56. The maximum absolute atomic E-state index is 12.6. The van der Waals surface area contributed by atoms with Crippen LogP contribution in [-0.2, 0) is 4.79 Å². The van der Waals surface area contributed by atoms with Crippen LogP contribution in [0.3, 0.4) is 0 Å². The summed E-state index contributed by atoms with van der Waals surface area (Å²) in [4.78, 5) is 27.7. The number of carboxylic acids is 1. The molecule has 3 aromatic rings. The van der Waals surface area contributed by atoms with Crippen molar-refractivity contribution in [1.82, 2.24) is 5.01 Å². The van der Waals surface area contributed by atoms with Crippen molar-refractivity contribution in [3.8, 4) is 17.1 Å². The highest BCUT2D eigenvalue weighted by Gasteiger charge is 2.36. The SMILES string of the molecule is N=C1C(=Cc2ccc(-c3ccc(C(=O)O)cc3)o2)C(=O)N=C2SC(COc3ccccc3)=NN12. The van der Waals surface area contributed by atoms with Crippen LogP contribution in [0.4, 0.5) is 0 Å². The number of fused-ring (bicyclic) bond motifs is 1. The number of amides is 1. The Labute approximate surface area is 197 Å². The maximum atomic E-state index is 12.6. The molecule has 0 radical (unpaired) electrons. The van der Waals surface area contributed by atoms with Crippen LogP contribution in [0.1, 0.15) is 16.1 Å². The number of rotatable bonds is 6. The minimum Gasteiger partial charge on any atom is -0.487 e. The highest BCUT2D eigenvalue weighted by Crippen LogP contribution is 2.30. The van der Waals surface area contributed by atoms with E-state index in [9.17, 15) is 9.59 Å². The van der Waals surface area contributed by atoms with Crippen molar-refractivity contribution in [2.45, 2.75) is 0 Å². The molecular weight excluding hydrogens is 456 g/mol. The number of carboxylic acid groups (broad SMARTS) is 1. The predicted octanol–water partition coefficient (Wildman–Crippen LogP) is 4.34. The number of ether oxygens (including phenoxy) is 1. The number of carbonyl (C=O) groups excluding carboxylic acids is 1. The summed E-state index contributed by atoms with van der Waals surface area (Å²) in [6.07, 6.45) is 1.44. The average molecular weight is 472 g/mol. The number of hydrogen-bond donors (Lipinski definition) is 2. The minimum absolute atomic E-state index is 0.0421. The van der Waals surface area contributed by atoms with Crippen LogP contribution in [0.15, 0.2) is 86.8 Å². The van der Waals surface area contributed by atoms with Gasteiger partial charge in [-0.1, -0.05) is 30.3 Å². The molecule has 2 aliphatic heterocycles. The number of nitrogens with zero attached hydrogens (tertiary/aromatic N) is 3. The van der Waals surface area contributed by atoms with Gasteiger partial charge in [0.15, 0.2) is 5.84 Å². The van der Waals surface area contributed by atoms with Gasteiger partial charge < -0.3 is 14.3 Å². The van der Waals surface area contributed by atoms with Gasteiger partial charge in [-0.3, -0.25) is 10.2 Å². The van der Waals surface area contributed by atoms with Crippen molar-refractivity contribution in [2.75, 3.05) is 6.61 Å². The number of hydrazone groups is 1. The van der Waals surface area contributed by atoms with Crippen LogP contribution < -0.4 is 4.74 Å².